The number of hydrogen-bond donors (Lipinski definition) is 3. The number of nitrogens with zero attached hydrogens (tertiary/aromatic N) is 1. The molecule has 0 aliphatic rings. The largest absolute Gasteiger partial charge is 0.477 e. The smallest absolute Gasteiger partial charge is 0.362 e. The number of carboxylic acids is 3. The van der Waals surface area contributed by atoms with Crippen molar-refractivity contribution in [3.05, 3.63) is 12.2 Å². The van der Waals surface area contributed by atoms with Crippen LogP contribution in [0.15, 0.2) is 12.2 Å². The predicted octanol–water partition coefficient (Wildman–Crippen LogP) is 8.99. The van der Waals surface area contributed by atoms with E-state index in [1.807, 2.05) is 20.8 Å². The van der Waals surface area contributed by atoms with Gasteiger partial charge in [-0.25, -0.2) is 14.4 Å². The lowest BCUT2D eigenvalue weighted by Crippen LogP contribution is -2.72. The average Bonchev–Trinajstić information content (AvgIpc) is 2.93. The zero-order chi connectivity index (χ0) is 30.9. The third-order valence-corrected chi connectivity index (χ3v) is 8.68. The third kappa shape index (κ3) is 15.2. The van der Waals surface area contributed by atoms with Crippen molar-refractivity contribution < 1.29 is 34.2 Å². The fourth-order valence-electron chi connectivity index (χ4n) is 6.58. The summed E-state index contributed by atoms with van der Waals surface area (Å²) < 4.78 is -0.370. The number of rotatable bonds is 29. The Morgan fingerprint density at radius 2 is 0.829 bits per heavy atom. The lowest BCUT2D eigenvalue weighted by atomic mass is 9.91. The zero-order valence-electron chi connectivity index (χ0n) is 27.0. The van der Waals surface area contributed by atoms with Crippen LogP contribution in [0.5, 0.6) is 0 Å². The minimum atomic E-state index is -1.08. The van der Waals surface area contributed by atoms with Crippen LogP contribution >= 0.6 is 0 Å². The average molecular weight is 583 g/mol. The minimum Gasteiger partial charge on any atom is -0.477 e. The maximum Gasteiger partial charge on any atom is 0.362 e. The van der Waals surface area contributed by atoms with Gasteiger partial charge in [0.2, 0.25) is 0 Å². The molecule has 3 atom stereocenters. The molecular formula is C34H64NO6+. The normalized spacial score (nSPS) is 15.4. The van der Waals surface area contributed by atoms with Crippen molar-refractivity contribution in [3.63, 3.8) is 0 Å². The molecule has 0 radical (unpaired) electrons. The summed E-state index contributed by atoms with van der Waals surface area (Å²) >= 11 is 0. The van der Waals surface area contributed by atoms with E-state index in [4.69, 9.17) is 0 Å². The van der Waals surface area contributed by atoms with Crippen LogP contribution in [0.2, 0.25) is 0 Å². The van der Waals surface area contributed by atoms with Gasteiger partial charge in [0, 0.05) is 19.3 Å². The molecule has 0 fully saturated rings. The number of carboxylic acid groups (broad SMARTS) is 3. The summed E-state index contributed by atoms with van der Waals surface area (Å²) in [5, 5.41) is 30.8. The van der Waals surface area contributed by atoms with E-state index in [9.17, 15) is 29.7 Å². The molecule has 3 N–H and O–H groups in total. The highest BCUT2D eigenvalue weighted by Crippen LogP contribution is 2.34. The maximum absolute atomic E-state index is 12.6. The highest BCUT2D eigenvalue weighted by atomic mass is 16.4. The van der Waals surface area contributed by atoms with Crippen LogP contribution in [-0.4, -0.2) is 62.4 Å². The van der Waals surface area contributed by atoms with Gasteiger partial charge in [-0.05, 0) is 51.9 Å². The first-order chi connectivity index (χ1) is 19.7. The quantitative estimate of drug-likeness (QED) is 0.0461. The number of hydrogen-bond acceptors (Lipinski definition) is 3. The zero-order valence-corrected chi connectivity index (χ0v) is 27.0. The van der Waals surface area contributed by atoms with Gasteiger partial charge < -0.3 is 15.3 Å². The Balaban J connectivity index is 4.96. The van der Waals surface area contributed by atoms with E-state index in [-0.39, 0.29) is 30.3 Å². The summed E-state index contributed by atoms with van der Waals surface area (Å²) in [7, 11) is 0. The van der Waals surface area contributed by atoms with Crippen molar-refractivity contribution in [2.75, 3.05) is 6.54 Å². The second-order valence-electron chi connectivity index (χ2n) is 12.0. The second kappa shape index (κ2) is 24.7. The first-order valence-corrected chi connectivity index (χ1v) is 16.9. The van der Waals surface area contributed by atoms with Crippen molar-refractivity contribution in [3.8, 4) is 0 Å². The highest BCUT2D eigenvalue weighted by molar-refractivity contribution is 5.78. The summed E-state index contributed by atoms with van der Waals surface area (Å²) in [6.45, 7) is 7.99. The van der Waals surface area contributed by atoms with E-state index in [2.05, 4.69) is 19.1 Å². The van der Waals surface area contributed by atoms with Crippen LogP contribution in [0, 0.1) is 0 Å². The molecule has 0 aliphatic carbocycles. The fourth-order valence-corrected chi connectivity index (χ4v) is 6.58. The van der Waals surface area contributed by atoms with Gasteiger partial charge in [0.1, 0.15) is 0 Å². The van der Waals surface area contributed by atoms with Crippen LogP contribution in [0.3, 0.4) is 0 Å². The van der Waals surface area contributed by atoms with Crippen LogP contribution in [0.1, 0.15) is 163 Å². The minimum absolute atomic E-state index is 0.271. The fraction of sp³-hybridized carbons (Fsp3) is 0.853. The molecule has 0 aromatic rings. The number of carbonyl (C=O) groups is 3. The summed E-state index contributed by atoms with van der Waals surface area (Å²) in [6, 6.07) is -3.13. The molecule has 0 rings (SSSR count). The van der Waals surface area contributed by atoms with E-state index in [1.165, 1.54) is 70.6 Å². The van der Waals surface area contributed by atoms with E-state index >= 15 is 0 Å². The van der Waals surface area contributed by atoms with Crippen LogP contribution < -0.4 is 0 Å². The Labute approximate surface area is 251 Å². The molecular weight excluding hydrogens is 518 g/mol. The van der Waals surface area contributed by atoms with Crippen LogP contribution in [-0.2, 0) is 14.4 Å². The summed E-state index contributed by atoms with van der Waals surface area (Å²) in [5.41, 5.74) is 0. The number of unbranched alkanes of at least 4 members (excludes halogenated alkanes) is 14. The summed E-state index contributed by atoms with van der Waals surface area (Å²) in [5.74, 6) is -3.25. The van der Waals surface area contributed by atoms with Crippen LogP contribution in [0.4, 0.5) is 0 Å². The molecule has 41 heavy (non-hydrogen) atoms. The molecule has 7 nitrogen and oxygen atoms in total. The molecule has 0 aliphatic heterocycles. The summed E-state index contributed by atoms with van der Waals surface area (Å²) in [6.07, 6.45) is 24.7. The van der Waals surface area contributed by atoms with Crippen molar-refractivity contribution >= 4 is 17.9 Å². The Kier molecular flexibility index (Phi) is 23.5. The molecule has 0 heterocycles. The summed E-state index contributed by atoms with van der Waals surface area (Å²) in [4.78, 5) is 37.7. The molecule has 7 heteroatoms. The predicted molar refractivity (Wildman–Crippen MR) is 168 cm³/mol. The first-order valence-electron chi connectivity index (χ1n) is 16.9. The van der Waals surface area contributed by atoms with E-state index < -0.39 is 36.0 Å². The number of allylic oxidation sites excluding steroid dienone is 2. The molecule has 3 unspecified atom stereocenters. The van der Waals surface area contributed by atoms with Gasteiger partial charge in [-0.3, -0.25) is 4.48 Å². The van der Waals surface area contributed by atoms with Gasteiger partial charge in [0.25, 0.3) is 0 Å². The molecule has 0 aromatic heterocycles. The molecule has 240 valence electrons. The Hall–Kier alpha value is -1.89. The van der Waals surface area contributed by atoms with Crippen molar-refractivity contribution in [2.24, 2.45) is 0 Å². The third-order valence-electron chi connectivity index (χ3n) is 8.68. The van der Waals surface area contributed by atoms with Crippen molar-refractivity contribution in [1.82, 2.24) is 0 Å². The molecule has 0 bridgehead atoms. The van der Waals surface area contributed by atoms with Gasteiger partial charge in [0.05, 0.1) is 6.54 Å². The van der Waals surface area contributed by atoms with Crippen LogP contribution in [0.25, 0.3) is 0 Å². The van der Waals surface area contributed by atoms with E-state index in [0.717, 1.165) is 19.3 Å². The van der Waals surface area contributed by atoms with Crippen molar-refractivity contribution in [1.29, 1.82) is 0 Å². The lowest BCUT2D eigenvalue weighted by Gasteiger charge is -2.50. The Morgan fingerprint density at radius 3 is 1.10 bits per heavy atom. The maximum atomic E-state index is 12.6. The Morgan fingerprint density at radius 1 is 0.537 bits per heavy atom. The Bertz CT molecular complexity index is 662. The van der Waals surface area contributed by atoms with Gasteiger partial charge in [0.15, 0.2) is 18.1 Å². The number of aliphatic carboxylic acids is 3. The monoisotopic (exact) mass is 582 g/mol. The van der Waals surface area contributed by atoms with Crippen molar-refractivity contribution in [2.45, 2.75) is 181 Å². The van der Waals surface area contributed by atoms with Gasteiger partial charge >= 0.3 is 17.9 Å². The first kappa shape index (κ1) is 39.1. The second-order valence-corrected chi connectivity index (χ2v) is 12.0. The van der Waals surface area contributed by atoms with Gasteiger partial charge in [-0.2, -0.15) is 0 Å². The van der Waals surface area contributed by atoms with Gasteiger partial charge in [-0.15, -0.1) is 0 Å². The van der Waals surface area contributed by atoms with E-state index in [1.54, 1.807) is 0 Å². The molecule has 0 aromatic carbocycles. The molecule has 0 saturated carbocycles. The highest BCUT2D eigenvalue weighted by Gasteiger charge is 2.56. The standard InChI is InChI=1S/C34H63NO6/c1-5-9-10-11-12-13-14-15-16-17-18-19-20-21-22-23-24-28-35(29(25-6-2)32(36)37,30(26-7-3)33(38)39)31(27-8-4)34(40)41/h5,9,29-31H,6-8,10-28H2,1-4H3,(H2-,36,37,38,39,40,41)/p+1/b9-5+. The molecule has 0 spiro atoms. The molecule has 0 amide bonds. The van der Waals surface area contributed by atoms with Gasteiger partial charge in [-0.1, -0.05) is 104 Å². The van der Waals surface area contributed by atoms with E-state index in [0.29, 0.717) is 25.7 Å². The lowest BCUT2D eigenvalue weighted by molar-refractivity contribution is -0.973. The SMILES string of the molecule is C/C=C/CCCCCCCCCCCCCCCC[N+](C(CCC)C(=O)O)(C(CCC)C(=O)O)C(CCC)C(=O)O. The molecule has 0 saturated heterocycles. The number of quaternary nitrogens is 1. The topological polar surface area (TPSA) is 112 Å².